The van der Waals surface area contributed by atoms with Gasteiger partial charge in [-0.3, -0.25) is 0 Å². The third-order valence-electron chi connectivity index (χ3n) is 2.03. The number of nitrogens with zero attached hydrogens (tertiary/aromatic N) is 1. The van der Waals surface area contributed by atoms with Gasteiger partial charge in [0.2, 0.25) is 0 Å². The average Bonchev–Trinajstić information content (AvgIpc) is 2.15. The van der Waals surface area contributed by atoms with Crippen LogP contribution in [0, 0.1) is 0 Å². The van der Waals surface area contributed by atoms with Gasteiger partial charge >= 0.3 is 6.18 Å². The highest BCUT2D eigenvalue weighted by Crippen LogP contribution is 2.35. The lowest BCUT2D eigenvalue weighted by Gasteiger charge is -2.09. The largest absolute Gasteiger partial charge is 0.433 e. The molecule has 1 heterocycles. The van der Waals surface area contributed by atoms with Crippen molar-refractivity contribution >= 4 is 38.4 Å². The lowest BCUT2D eigenvalue weighted by atomic mass is 10.2. The Kier molecular flexibility index (Phi) is 2.84. The number of benzene rings is 1. The maximum atomic E-state index is 12.5. The van der Waals surface area contributed by atoms with E-state index in [1.165, 1.54) is 6.07 Å². The van der Waals surface area contributed by atoms with Gasteiger partial charge in [0.05, 0.1) is 10.5 Å². The molecule has 0 saturated heterocycles. The molecule has 1 nitrogen and oxygen atoms in total. The lowest BCUT2D eigenvalue weighted by Crippen LogP contribution is -2.08. The third kappa shape index (κ3) is 2.01. The minimum absolute atomic E-state index is 0.217. The van der Waals surface area contributed by atoms with E-state index in [9.17, 15) is 13.2 Å². The minimum atomic E-state index is -4.46. The number of rotatable bonds is 0. The molecule has 0 aliphatic rings. The van der Waals surface area contributed by atoms with E-state index in [1.807, 2.05) is 0 Å². The van der Waals surface area contributed by atoms with E-state index >= 15 is 0 Å². The molecule has 84 valence electrons. The summed E-state index contributed by atoms with van der Waals surface area (Å²) in [6.07, 6.45) is -4.46. The van der Waals surface area contributed by atoms with Crippen molar-refractivity contribution in [2.45, 2.75) is 6.18 Å². The van der Waals surface area contributed by atoms with Crippen LogP contribution < -0.4 is 0 Å². The summed E-state index contributed by atoms with van der Waals surface area (Å²) >= 11 is 8.94. The molecule has 0 saturated carbocycles. The fourth-order valence-electron chi connectivity index (χ4n) is 1.34. The SMILES string of the molecule is FC(F)(F)c1cc(Br)c2c(Cl)cccc2n1. The van der Waals surface area contributed by atoms with Crippen LogP contribution in [-0.2, 0) is 6.18 Å². The predicted molar refractivity (Wildman–Crippen MR) is 59.5 cm³/mol. The Hall–Kier alpha value is -0.810. The molecule has 0 atom stereocenters. The van der Waals surface area contributed by atoms with E-state index in [1.54, 1.807) is 12.1 Å². The third-order valence-corrected chi connectivity index (χ3v) is 2.97. The Labute approximate surface area is 102 Å². The van der Waals surface area contributed by atoms with E-state index in [0.29, 0.717) is 10.4 Å². The number of aromatic nitrogens is 1. The summed E-state index contributed by atoms with van der Waals surface area (Å²) in [5.41, 5.74) is -0.719. The average molecular weight is 310 g/mol. The van der Waals surface area contributed by atoms with Crippen molar-refractivity contribution in [3.63, 3.8) is 0 Å². The molecule has 2 aromatic rings. The molecular formula is C10H4BrClF3N. The second-order valence-corrected chi connectivity index (χ2v) is 4.38. The zero-order valence-electron chi connectivity index (χ0n) is 7.65. The quantitative estimate of drug-likeness (QED) is 0.689. The summed E-state index contributed by atoms with van der Waals surface area (Å²) in [5.74, 6) is 0. The second kappa shape index (κ2) is 3.89. The highest BCUT2D eigenvalue weighted by atomic mass is 79.9. The summed E-state index contributed by atoms with van der Waals surface area (Å²) in [6.45, 7) is 0. The van der Waals surface area contributed by atoms with Crippen molar-refractivity contribution in [2.75, 3.05) is 0 Å². The van der Waals surface area contributed by atoms with E-state index in [4.69, 9.17) is 11.6 Å². The number of fused-ring (bicyclic) bond motifs is 1. The van der Waals surface area contributed by atoms with Gasteiger partial charge in [0.25, 0.3) is 0 Å². The van der Waals surface area contributed by atoms with Crippen LogP contribution in [0.1, 0.15) is 5.69 Å². The van der Waals surface area contributed by atoms with Crippen LogP contribution in [0.15, 0.2) is 28.7 Å². The molecule has 16 heavy (non-hydrogen) atoms. The van der Waals surface area contributed by atoms with Crippen molar-refractivity contribution < 1.29 is 13.2 Å². The molecule has 0 spiro atoms. The number of hydrogen-bond acceptors (Lipinski definition) is 1. The standard InChI is InChI=1S/C10H4BrClF3N/c11-5-4-8(10(13,14)15)16-7-3-1-2-6(12)9(5)7/h1-4H. The zero-order chi connectivity index (χ0) is 11.9. The summed E-state index contributed by atoms with van der Waals surface area (Å²) < 4.78 is 37.7. The molecule has 0 bridgehead atoms. The van der Waals surface area contributed by atoms with E-state index < -0.39 is 11.9 Å². The highest BCUT2D eigenvalue weighted by Gasteiger charge is 2.33. The maximum absolute atomic E-state index is 12.5. The van der Waals surface area contributed by atoms with Crippen LogP contribution in [0.3, 0.4) is 0 Å². The highest BCUT2D eigenvalue weighted by molar-refractivity contribution is 9.10. The van der Waals surface area contributed by atoms with Gasteiger partial charge in [0.15, 0.2) is 0 Å². The first kappa shape index (κ1) is 11.7. The van der Waals surface area contributed by atoms with Gasteiger partial charge in [0.1, 0.15) is 5.69 Å². The Morgan fingerprint density at radius 2 is 1.94 bits per heavy atom. The van der Waals surface area contributed by atoms with Crippen molar-refractivity contribution in [1.29, 1.82) is 0 Å². The molecule has 0 aliphatic carbocycles. The van der Waals surface area contributed by atoms with Crippen molar-refractivity contribution in [2.24, 2.45) is 0 Å². The van der Waals surface area contributed by atoms with E-state index in [-0.39, 0.29) is 9.99 Å². The summed E-state index contributed by atoms with van der Waals surface area (Å²) in [5, 5.41) is 0.850. The minimum Gasteiger partial charge on any atom is -0.243 e. The summed E-state index contributed by atoms with van der Waals surface area (Å²) in [7, 11) is 0. The van der Waals surface area contributed by atoms with Crippen LogP contribution >= 0.6 is 27.5 Å². The Balaban J connectivity index is 2.79. The smallest absolute Gasteiger partial charge is 0.243 e. The first-order valence-corrected chi connectivity index (χ1v) is 5.38. The molecule has 0 N–H and O–H groups in total. The molecule has 0 aliphatic heterocycles. The van der Waals surface area contributed by atoms with Gasteiger partial charge in [-0.15, -0.1) is 0 Å². The van der Waals surface area contributed by atoms with Crippen LogP contribution in [0.4, 0.5) is 13.2 Å². The van der Waals surface area contributed by atoms with Crippen molar-refractivity contribution in [1.82, 2.24) is 4.98 Å². The van der Waals surface area contributed by atoms with Crippen molar-refractivity contribution in [3.8, 4) is 0 Å². The predicted octanol–water partition coefficient (Wildman–Crippen LogP) is 4.67. The first-order chi connectivity index (χ1) is 7.39. The molecule has 1 aromatic heterocycles. The fraction of sp³-hybridized carbons (Fsp3) is 0.100. The van der Waals surface area contributed by atoms with E-state index in [0.717, 1.165) is 6.07 Å². The number of halogens is 5. The monoisotopic (exact) mass is 309 g/mol. The second-order valence-electron chi connectivity index (χ2n) is 3.12. The summed E-state index contributed by atoms with van der Waals surface area (Å²) in [6, 6.07) is 5.57. The zero-order valence-corrected chi connectivity index (χ0v) is 9.99. The van der Waals surface area contributed by atoms with Gasteiger partial charge in [0, 0.05) is 9.86 Å². The van der Waals surface area contributed by atoms with Gasteiger partial charge in [-0.1, -0.05) is 17.7 Å². The maximum Gasteiger partial charge on any atom is 0.433 e. The van der Waals surface area contributed by atoms with Crippen LogP contribution in [-0.4, -0.2) is 4.98 Å². The molecule has 2 rings (SSSR count). The van der Waals surface area contributed by atoms with Gasteiger partial charge in [-0.25, -0.2) is 4.98 Å². The molecular weight excluding hydrogens is 306 g/mol. The van der Waals surface area contributed by atoms with E-state index in [2.05, 4.69) is 20.9 Å². The lowest BCUT2D eigenvalue weighted by molar-refractivity contribution is -0.141. The molecule has 0 radical (unpaired) electrons. The van der Waals surface area contributed by atoms with Gasteiger partial charge < -0.3 is 0 Å². The molecule has 0 fully saturated rings. The first-order valence-electron chi connectivity index (χ1n) is 4.21. The molecule has 0 unspecified atom stereocenters. The molecule has 0 amide bonds. The topological polar surface area (TPSA) is 12.9 Å². The van der Waals surface area contributed by atoms with Gasteiger partial charge in [-0.05, 0) is 34.1 Å². The number of alkyl halides is 3. The fourth-order valence-corrected chi connectivity index (χ4v) is 2.36. The van der Waals surface area contributed by atoms with Crippen LogP contribution in [0.5, 0.6) is 0 Å². The Bertz CT molecular complexity index is 553. The molecule has 6 heteroatoms. The Morgan fingerprint density at radius 3 is 2.56 bits per heavy atom. The van der Waals surface area contributed by atoms with Crippen LogP contribution in [0.25, 0.3) is 10.9 Å². The van der Waals surface area contributed by atoms with Gasteiger partial charge in [-0.2, -0.15) is 13.2 Å². The van der Waals surface area contributed by atoms with Crippen molar-refractivity contribution in [3.05, 3.63) is 39.5 Å². The normalized spacial score (nSPS) is 12.1. The summed E-state index contributed by atoms with van der Waals surface area (Å²) in [4.78, 5) is 3.53. The molecule has 1 aromatic carbocycles. The number of hydrogen-bond donors (Lipinski definition) is 0. The number of pyridine rings is 1. The Morgan fingerprint density at radius 1 is 1.25 bits per heavy atom. The van der Waals surface area contributed by atoms with Crippen LogP contribution in [0.2, 0.25) is 5.02 Å².